The van der Waals surface area contributed by atoms with Crippen LogP contribution in [0.25, 0.3) is 42.4 Å². The van der Waals surface area contributed by atoms with Crippen molar-refractivity contribution >= 4 is 31.5 Å². The zero-order valence-electron chi connectivity index (χ0n) is 25.3. The van der Waals surface area contributed by atoms with E-state index in [1.165, 1.54) is 92.5 Å². The summed E-state index contributed by atoms with van der Waals surface area (Å²) in [5, 5.41) is 2.75. The topological polar surface area (TPSA) is 0 Å². The van der Waals surface area contributed by atoms with Gasteiger partial charge in [-0.15, -0.1) is 11.3 Å². The Balaban J connectivity index is 1.38. The Hall–Kier alpha value is -5.24. The monoisotopic (exact) mass is 600 g/mol. The maximum Gasteiger partial charge on any atom is 0.0720 e. The van der Waals surface area contributed by atoms with Gasteiger partial charge in [-0.05, 0) is 85.8 Å². The first-order valence-electron chi connectivity index (χ1n) is 16.2. The molecule has 0 amide bonds. The second kappa shape index (κ2) is 8.51. The first-order chi connectivity index (χ1) is 22.7. The zero-order valence-corrected chi connectivity index (χ0v) is 26.2. The number of hydrogen-bond acceptors (Lipinski definition) is 1. The maximum absolute atomic E-state index is 2.48. The van der Waals surface area contributed by atoms with E-state index in [2.05, 4.69) is 159 Å². The molecule has 1 aromatic heterocycles. The second-order valence-corrected chi connectivity index (χ2v) is 14.3. The Kier molecular flexibility index (Phi) is 4.63. The minimum atomic E-state index is -0.446. The largest absolute Gasteiger partial charge is 0.135 e. The van der Waals surface area contributed by atoms with Crippen molar-refractivity contribution in [2.24, 2.45) is 0 Å². The van der Waals surface area contributed by atoms with Gasteiger partial charge in [0.05, 0.1) is 10.8 Å². The number of rotatable bonds is 0. The molecule has 0 radical (unpaired) electrons. The molecule has 2 spiro atoms. The second-order valence-electron chi connectivity index (χ2n) is 13.2. The Morgan fingerprint density at radius 3 is 1.54 bits per heavy atom. The van der Waals surface area contributed by atoms with Crippen LogP contribution in [-0.4, -0.2) is 0 Å². The first-order valence-corrected chi connectivity index (χ1v) is 17.0. The Morgan fingerprint density at radius 1 is 0.391 bits per heavy atom. The molecule has 1 heterocycles. The average molecular weight is 601 g/mol. The van der Waals surface area contributed by atoms with Gasteiger partial charge in [-0.2, -0.15) is 0 Å². The third-order valence-corrected chi connectivity index (χ3v) is 12.4. The average Bonchev–Trinajstić information content (AvgIpc) is 3.73. The van der Waals surface area contributed by atoms with Crippen LogP contribution in [0.4, 0.5) is 0 Å². The van der Waals surface area contributed by atoms with E-state index in [9.17, 15) is 0 Å². The lowest BCUT2D eigenvalue weighted by molar-refractivity contribution is 0.633. The maximum atomic E-state index is 2.48. The van der Waals surface area contributed by atoms with E-state index in [0.717, 1.165) is 0 Å². The molecule has 0 bridgehead atoms. The van der Waals surface area contributed by atoms with Crippen LogP contribution < -0.4 is 0 Å². The van der Waals surface area contributed by atoms with Gasteiger partial charge >= 0.3 is 0 Å². The molecule has 0 atom stereocenters. The van der Waals surface area contributed by atoms with Gasteiger partial charge in [0.2, 0.25) is 0 Å². The molecule has 0 aliphatic heterocycles. The highest BCUT2D eigenvalue weighted by Gasteiger charge is 2.59. The molecule has 0 nitrogen and oxygen atoms in total. The minimum Gasteiger partial charge on any atom is -0.135 e. The van der Waals surface area contributed by atoms with Gasteiger partial charge < -0.3 is 0 Å². The normalized spacial score (nSPS) is 15.4. The lowest BCUT2D eigenvalue weighted by Gasteiger charge is -2.48. The summed E-state index contributed by atoms with van der Waals surface area (Å²) in [6, 6.07) is 58.0. The van der Waals surface area contributed by atoms with Crippen LogP contribution in [0.1, 0.15) is 50.1 Å². The van der Waals surface area contributed by atoms with E-state index in [0.29, 0.717) is 0 Å². The standard InChI is InChI=1S/C45H28S/c1-27-22-23-30-39(26-27)45(38-24-25-41-43(42(30)38)31-14-4-11-21-40(31)46-41)36-19-9-7-17-34(36)44(35-18-8-10-20-37(35)45)32-15-5-2-12-28(32)29-13-3-6-16-33(29)44/h2-26H,1H3. The highest BCUT2D eigenvalue weighted by atomic mass is 32.1. The van der Waals surface area contributed by atoms with E-state index >= 15 is 0 Å². The number of hydrogen-bond donors (Lipinski definition) is 0. The van der Waals surface area contributed by atoms with Crippen molar-refractivity contribution in [3.05, 3.63) is 202 Å². The molecule has 7 aromatic carbocycles. The molecule has 0 N–H and O–H groups in total. The summed E-state index contributed by atoms with van der Waals surface area (Å²) in [5.74, 6) is 0. The van der Waals surface area contributed by atoms with E-state index in [4.69, 9.17) is 0 Å². The number of thiophene rings is 1. The van der Waals surface area contributed by atoms with Gasteiger partial charge in [0.15, 0.2) is 0 Å². The molecule has 0 fully saturated rings. The van der Waals surface area contributed by atoms with Crippen LogP contribution in [0.3, 0.4) is 0 Å². The van der Waals surface area contributed by atoms with E-state index in [1.807, 2.05) is 11.3 Å². The number of fused-ring (bicyclic) bond motifs is 20. The van der Waals surface area contributed by atoms with Crippen LogP contribution >= 0.6 is 11.3 Å². The predicted octanol–water partition coefficient (Wildman–Crippen LogP) is 11.4. The smallest absolute Gasteiger partial charge is 0.0720 e. The molecule has 3 aliphatic rings. The summed E-state index contributed by atoms with van der Waals surface area (Å²) < 4.78 is 2.71. The van der Waals surface area contributed by atoms with Crippen LogP contribution in [0.5, 0.6) is 0 Å². The minimum absolute atomic E-state index is 0.405. The van der Waals surface area contributed by atoms with E-state index < -0.39 is 10.8 Å². The van der Waals surface area contributed by atoms with Crippen LogP contribution in [0.15, 0.2) is 152 Å². The van der Waals surface area contributed by atoms with Crippen molar-refractivity contribution in [2.75, 3.05) is 0 Å². The zero-order chi connectivity index (χ0) is 30.2. The Morgan fingerprint density at radius 2 is 0.913 bits per heavy atom. The van der Waals surface area contributed by atoms with Crippen molar-refractivity contribution in [1.29, 1.82) is 0 Å². The van der Waals surface area contributed by atoms with Crippen molar-refractivity contribution in [2.45, 2.75) is 17.8 Å². The summed E-state index contributed by atoms with van der Waals surface area (Å²) in [6.07, 6.45) is 0. The molecule has 1 heteroatoms. The lowest BCUT2D eigenvalue weighted by Crippen LogP contribution is -2.43. The van der Waals surface area contributed by atoms with Crippen LogP contribution in [-0.2, 0) is 10.8 Å². The van der Waals surface area contributed by atoms with Gasteiger partial charge in [0, 0.05) is 20.2 Å². The summed E-state index contributed by atoms with van der Waals surface area (Å²) in [4.78, 5) is 0. The van der Waals surface area contributed by atoms with Gasteiger partial charge in [-0.1, -0.05) is 145 Å². The molecule has 0 saturated carbocycles. The molecule has 0 unspecified atom stereocenters. The number of aryl methyl sites for hydroxylation is 1. The predicted molar refractivity (Wildman–Crippen MR) is 192 cm³/mol. The molecule has 3 aliphatic carbocycles. The van der Waals surface area contributed by atoms with Crippen molar-refractivity contribution < 1.29 is 0 Å². The SMILES string of the molecule is Cc1ccc2c(c1)C1(c3ccccc3C3(c4ccccc4-c4ccccc43)c3ccccc31)c1ccc3sc4ccccc4c3c1-2. The van der Waals surface area contributed by atoms with Crippen LogP contribution in [0.2, 0.25) is 0 Å². The van der Waals surface area contributed by atoms with Crippen molar-refractivity contribution in [3.8, 4) is 22.3 Å². The number of benzene rings is 7. The highest BCUT2D eigenvalue weighted by molar-refractivity contribution is 7.26. The molecule has 46 heavy (non-hydrogen) atoms. The van der Waals surface area contributed by atoms with Gasteiger partial charge in [0.25, 0.3) is 0 Å². The molecular formula is C45H28S. The third kappa shape index (κ3) is 2.67. The molecule has 11 rings (SSSR count). The molecule has 0 saturated heterocycles. The van der Waals surface area contributed by atoms with E-state index in [1.54, 1.807) is 0 Å². The Bertz CT molecular complexity index is 2520. The summed E-state index contributed by atoms with van der Waals surface area (Å²) in [7, 11) is 0. The lowest BCUT2D eigenvalue weighted by atomic mass is 9.52. The fourth-order valence-corrected chi connectivity index (χ4v) is 10.8. The Labute approximate surface area is 272 Å². The molecule has 214 valence electrons. The molecular weight excluding hydrogens is 573 g/mol. The van der Waals surface area contributed by atoms with Crippen molar-refractivity contribution in [3.63, 3.8) is 0 Å². The summed E-state index contributed by atoms with van der Waals surface area (Å²) >= 11 is 1.91. The first kappa shape index (κ1) is 25.0. The van der Waals surface area contributed by atoms with Crippen molar-refractivity contribution in [1.82, 2.24) is 0 Å². The highest BCUT2D eigenvalue weighted by Crippen LogP contribution is 2.68. The quantitative estimate of drug-likeness (QED) is 0.162. The van der Waals surface area contributed by atoms with E-state index in [-0.39, 0.29) is 0 Å². The summed E-state index contributed by atoms with van der Waals surface area (Å²) in [6.45, 7) is 2.25. The summed E-state index contributed by atoms with van der Waals surface area (Å²) in [5.41, 5.74) is 17.0. The fraction of sp³-hybridized carbons (Fsp3) is 0.0667. The van der Waals surface area contributed by atoms with Gasteiger partial charge in [-0.25, -0.2) is 0 Å². The van der Waals surface area contributed by atoms with Crippen LogP contribution in [0, 0.1) is 6.92 Å². The fourth-order valence-electron chi connectivity index (χ4n) is 9.70. The van der Waals surface area contributed by atoms with Gasteiger partial charge in [-0.3, -0.25) is 0 Å². The van der Waals surface area contributed by atoms with Gasteiger partial charge in [0.1, 0.15) is 0 Å². The third-order valence-electron chi connectivity index (χ3n) is 11.2. The molecule has 8 aromatic rings.